The van der Waals surface area contributed by atoms with Crippen molar-refractivity contribution in [1.82, 2.24) is 15.1 Å². The zero-order valence-corrected chi connectivity index (χ0v) is 16.5. The molecule has 144 valence electrons. The second-order valence-electron chi connectivity index (χ2n) is 6.70. The van der Waals surface area contributed by atoms with Crippen LogP contribution in [0.5, 0.6) is 5.75 Å². The van der Waals surface area contributed by atoms with Gasteiger partial charge in [-0.05, 0) is 37.1 Å². The van der Waals surface area contributed by atoms with Gasteiger partial charge in [-0.25, -0.2) is 4.79 Å². The number of nitrogens with zero attached hydrogens (tertiary/aromatic N) is 3. The zero-order valence-electron chi connectivity index (χ0n) is 15.7. The summed E-state index contributed by atoms with van der Waals surface area (Å²) in [5, 5.41) is 13.7. The Balaban J connectivity index is 1.38. The molecule has 1 N–H and O–H groups in total. The summed E-state index contributed by atoms with van der Waals surface area (Å²) in [6.07, 6.45) is 1.78. The fourth-order valence-electron chi connectivity index (χ4n) is 3.38. The summed E-state index contributed by atoms with van der Waals surface area (Å²) in [4.78, 5) is 14.3. The molecule has 0 unspecified atom stereocenters. The van der Waals surface area contributed by atoms with E-state index in [9.17, 15) is 4.79 Å². The Morgan fingerprint density at radius 3 is 2.54 bits per heavy atom. The third-order valence-electron chi connectivity index (χ3n) is 4.93. The maximum atomic E-state index is 12.4. The standard InChI is InChI=1S/C21H22N4O2S/c1-27-18-10-6-5-9-17(18)20-24-23-19(28-20)15-11-13-25(14-12-15)21(26)22-16-7-3-2-4-8-16/h2-10,15H,11-14H2,1H3,(H,22,26). The summed E-state index contributed by atoms with van der Waals surface area (Å²) in [7, 11) is 1.66. The van der Waals surface area contributed by atoms with Gasteiger partial charge >= 0.3 is 6.03 Å². The number of para-hydroxylation sites is 2. The molecule has 2 heterocycles. The fourth-order valence-corrected chi connectivity index (χ4v) is 4.43. The van der Waals surface area contributed by atoms with Crippen molar-refractivity contribution >= 4 is 23.1 Å². The molecule has 1 fully saturated rings. The summed E-state index contributed by atoms with van der Waals surface area (Å²) in [6.45, 7) is 1.43. The molecule has 1 saturated heterocycles. The molecule has 1 aliphatic rings. The van der Waals surface area contributed by atoms with E-state index in [1.165, 1.54) is 0 Å². The molecule has 0 radical (unpaired) electrons. The maximum absolute atomic E-state index is 12.4. The number of piperidine rings is 1. The van der Waals surface area contributed by atoms with Crippen molar-refractivity contribution < 1.29 is 9.53 Å². The van der Waals surface area contributed by atoms with Gasteiger partial charge in [0.15, 0.2) is 5.01 Å². The molecule has 0 bridgehead atoms. The number of nitrogens with one attached hydrogen (secondary N) is 1. The van der Waals surface area contributed by atoms with E-state index in [1.54, 1.807) is 18.4 Å². The summed E-state index contributed by atoms with van der Waals surface area (Å²) >= 11 is 1.61. The first-order valence-electron chi connectivity index (χ1n) is 9.32. The first kappa shape index (κ1) is 18.4. The Labute approximate surface area is 168 Å². The predicted molar refractivity (Wildman–Crippen MR) is 111 cm³/mol. The minimum Gasteiger partial charge on any atom is -0.496 e. The van der Waals surface area contributed by atoms with Crippen molar-refractivity contribution in [3.8, 4) is 16.3 Å². The topological polar surface area (TPSA) is 67.4 Å². The Morgan fingerprint density at radius 1 is 1.07 bits per heavy atom. The summed E-state index contributed by atoms with van der Waals surface area (Å²) in [5.74, 6) is 1.14. The van der Waals surface area contributed by atoms with Gasteiger partial charge in [-0.15, -0.1) is 10.2 Å². The lowest BCUT2D eigenvalue weighted by Gasteiger charge is -2.30. The van der Waals surface area contributed by atoms with Gasteiger partial charge in [0.05, 0.1) is 12.7 Å². The van der Waals surface area contributed by atoms with Crippen LogP contribution in [0.2, 0.25) is 0 Å². The number of amides is 2. The lowest BCUT2D eigenvalue weighted by Crippen LogP contribution is -2.40. The molecule has 7 heteroatoms. The third-order valence-corrected chi connectivity index (χ3v) is 6.05. The lowest BCUT2D eigenvalue weighted by molar-refractivity contribution is 0.194. The van der Waals surface area contributed by atoms with Gasteiger partial charge in [0.25, 0.3) is 0 Å². The number of hydrogen-bond acceptors (Lipinski definition) is 5. The molecule has 4 rings (SSSR count). The number of aromatic nitrogens is 2. The second-order valence-corrected chi connectivity index (χ2v) is 7.71. The minimum atomic E-state index is -0.0448. The van der Waals surface area contributed by atoms with Crippen LogP contribution in [0.1, 0.15) is 23.8 Å². The van der Waals surface area contributed by atoms with Crippen LogP contribution in [0.25, 0.3) is 10.6 Å². The van der Waals surface area contributed by atoms with E-state index in [-0.39, 0.29) is 6.03 Å². The van der Waals surface area contributed by atoms with Crippen LogP contribution in [-0.2, 0) is 0 Å². The quantitative estimate of drug-likeness (QED) is 0.701. The van der Waals surface area contributed by atoms with Crippen molar-refractivity contribution in [1.29, 1.82) is 0 Å². The largest absolute Gasteiger partial charge is 0.496 e. The number of urea groups is 1. The minimum absolute atomic E-state index is 0.0448. The van der Waals surface area contributed by atoms with Crippen LogP contribution in [0.4, 0.5) is 10.5 Å². The smallest absolute Gasteiger partial charge is 0.321 e. The van der Waals surface area contributed by atoms with E-state index < -0.39 is 0 Å². The molecule has 2 aromatic carbocycles. The number of hydrogen-bond donors (Lipinski definition) is 1. The van der Waals surface area contributed by atoms with Crippen LogP contribution in [0, 0.1) is 0 Å². The van der Waals surface area contributed by atoms with Crippen LogP contribution < -0.4 is 10.1 Å². The Morgan fingerprint density at radius 2 is 1.79 bits per heavy atom. The number of ether oxygens (including phenoxy) is 1. The SMILES string of the molecule is COc1ccccc1-c1nnc(C2CCN(C(=O)Nc3ccccc3)CC2)s1. The van der Waals surface area contributed by atoms with Gasteiger partial charge in [0, 0.05) is 24.7 Å². The fraction of sp³-hybridized carbons (Fsp3) is 0.286. The Hall–Kier alpha value is -2.93. The highest BCUT2D eigenvalue weighted by molar-refractivity contribution is 7.14. The molecular weight excluding hydrogens is 372 g/mol. The highest BCUT2D eigenvalue weighted by Crippen LogP contribution is 2.36. The van der Waals surface area contributed by atoms with Crippen molar-refractivity contribution in [2.75, 3.05) is 25.5 Å². The molecule has 0 spiro atoms. The predicted octanol–water partition coefficient (Wildman–Crippen LogP) is 4.63. The van der Waals surface area contributed by atoms with Crippen molar-refractivity contribution in [3.63, 3.8) is 0 Å². The van der Waals surface area contributed by atoms with Gasteiger partial charge in [0.2, 0.25) is 0 Å². The molecule has 28 heavy (non-hydrogen) atoms. The summed E-state index contributed by atoms with van der Waals surface area (Å²) in [6, 6.07) is 17.4. The number of benzene rings is 2. The van der Waals surface area contributed by atoms with Crippen LogP contribution in [0.3, 0.4) is 0 Å². The Kier molecular flexibility index (Phi) is 5.53. The average molecular weight is 395 g/mol. The summed E-state index contributed by atoms with van der Waals surface area (Å²) < 4.78 is 5.43. The van der Waals surface area contributed by atoms with Crippen molar-refractivity contribution in [3.05, 3.63) is 59.6 Å². The van der Waals surface area contributed by atoms with E-state index in [2.05, 4.69) is 15.5 Å². The zero-order chi connectivity index (χ0) is 19.3. The maximum Gasteiger partial charge on any atom is 0.321 e. The van der Waals surface area contributed by atoms with Crippen molar-refractivity contribution in [2.24, 2.45) is 0 Å². The lowest BCUT2D eigenvalue weighted by atomic mass is 9.98. The molecule has 0 atom stereocenters. The molecule has 3 aromatic rings. The van der Waals surface area contributed by atoms with E-state index >= 15 is 0 Å². The molecule has 2 amide bonds. The van der Waals surface area contributed by atoms with E-state index in [0.29, 0.717) is 19.0 Å². The first-order chi connectivity index (χ1) is 13.7. The first-order valence-corrected chi connectivity index (χ1v) is 10.1. The highest BCUT2D eigenvalue weighted by Gasteiger charge is 2.26. The molecule has 1 aliphatic heterocycles. The number of likely N-dealkylation sites (tertiary alicyclic amines) is 1. The number of carbonyl (C=O) groups excluding carboxylic acids is 1. The van der Waals surface area contributed by atoms with E-state index in [1.807, 2.05) is 59.5 Å². The van der Waals surface area contributed by atoms with Crippen LogP contribution >= 0.6 is 11.3 Å². The monoisotopic (exact) mass is 394 g/mol. The number of methoxy groups -OCH3 is 1. The van der Waals surface area contributed by atoms with Gasteiger partial charge in [0.1, 0.15) is 10.8 Å². The Bertz CT molecular complexity index is 936. The molecule has 0 aliphatic carbocycles. The number of rotatable bonds is 4. The highest BCUT2D eigenvalue weighted by atomic mass is 32.1. The molecule has 1 aromatic heterocycles. The molecular formula is C21H22N4O2S. The van der Waals surface area contributed by atoms with Gasteiger partial charge in [-0.1, -0.05) is 41.7 Å². The van der Waals surface area contributed by atoms with E-state index in [0.717, 1.165) is 39.9 Å². The number of carbonyl (C=O) groups is 1. The van der Waals surface area contributed by atoms with Gasteiger partial charge in [-0.3, -0.25) is 0 Å². The van der Waals surface area contributed by atoms with Crippen molar-refractivity contribution in [2.45, 2.75) is 18.8 Å². The number of anilines is 1. The van der Waals surface area contributed by atoms with Gasteiger partial charge < -0.3 is 15.0 Å². The van der Waals surface area contributed by atoms with Crippen LogP contribution in [0.15, 0.2) is 54.6 Å². The average Bonchev–Trinajstić information content (AvgIpc) is 3.24. The molecule has 0 saturated carbocycles. The van der Waals surface area contributed by atoms with Crippen LogP contribution in [-0.4, -0.2) is 41.3 Å². The molecule has 6 nitrogen and oxygen atoms in total. The summed E-state index contributed by atoms with van der Waals surface area (Å²) in [5.41, 5.74) is 1.79. The van der Waals surface area contributed by atoms with Gasteiger partial charge in [-0.2, -0.15) is 0 Å². The normalized spacial score (nSPS) is 14.7. The second kappa shape index (κ2) is 8.39. The third kappa shape index (κ3) is 3.99. The van der Waals surface area contributed by atoms with E-state index in [4.69, 9.17) is 4.74 Å².